The molecule has 6 rings (SSSR count). The number of anilines is 2. The highest BCUT2D eigenvalue weighted by molar-refractivity contribution is 7.92. The Balaban J connectivity index is 1.36. The van der Waals surface area contributed by atoms with Gasteiger partial charge in [0.25, 0.3) is 15.9 Å². The molecule has 0 radical (unpaired) electrons. The van der Waals surface area contributed by atoms with Crippen LogP contribution in [0.15, 0.2) is 77.7 Å². The number of carbonyl (C=O) groups is 1. The van der Waals surface area contributed by atoms with Crippen LogP contribution in [0.1, 0.15) is 16.7 Å². The van der Waals surface area contributed by atoms with Crippen molar-refractivity contribution in [3.8, 4) is 5.75 Å². The van der Waals surface area contributed by atoms with E-state index in [1.165, 1.54) is 20.8 Å². The van der Waals surface area contributed by atoms with Gasteiger partial charge in [0.1, 0.15) is 5.75 Å². The van der Waals surface area contributed by atoms with E-state index in [1.54, 1.807) is 42.5 Å². The van der Waals surface area contributed by atoms with E-state index in [-0.39, 0.29) is 17.2 Å². The minimum absolute atomic E-state index is 0.132. The molecule has 0 unspecified atom stereocenters. The summed E-state index contributed by atoms with van der Waals surface area (Å²) < 4.78 is 34.5. The summed E-state index contributed by atoms with van der Waals surface area (Å²) >= 11 is 6.19. The van der Waals surface area contributed by atoms with Crippen LogP contribution in [-0.4, -0.2) is 27.0 Å². The quantitative estimate of drug-likeness (QED) is 0.387. The summed E-state index contributed by atoms with van der Waals surface area (Å²) in [6.07, 6.45) is 0.920. The molecule has 182 valence electrons. The second-order valence-electron chi connectivity index (χ2n) is 9.17. The molecule has 6 nitrogen and oxygen atoms in total. The number of sulfonamides is 1. The number of ether oxygens (including phenoxy) is 1. The highest BCUT2D eigenvalue weighted by atomic mass is 35.5. The van der Waals surface area contributed by atoms with Crippen LogP contribution in [0.3, 0.4) is 0 Å². The molecular weight excluding hydrogens is 496 g/mol. The fraction of sp³-hybridized carbons (Fsp3) is 0.179. The van der Waals surface area contributed by atoms with Gasteiger partial charge in [-0.2, -0.15) is 0 Å². The minimum Gasteiger partial charge on any atom is -0.476 e. The van der Waals surface area contributed by atoms with Crippen LogP contribution >= 0.6 is 11.6 Å². The van der Waals surface area contributed by atoms with E-state index in [2.05, 4.69) is 11.4 Å². The minimum atomic E-state index is -3.97. The van der Waals surface area contributed by atoms with Gasteiger partial charge in [-0.25, -0.2) is 8.42 Å². The molecule has 1 atom stereocenters. The van der Waals surface area contributed by atoms with Crippen molar-refractivity contribution in [2.24, 2.45) is 0 Å². The summed E-state index contributed by atoms with van der Waals surface area (Å²) in [6, 6.07) is 21.4. The Labute approximate surface area is 214 Å². The van der Waals surface area contributed by atoms with Gasteiger partial charge in [0, 0.05) is 16.1 Å². The second-order valence-corrected chi connectivity index (χ2v) is 11.5. The first-order chi connectivity index (χ1) is 17.3. The molecule has 4 aromatic carbocycles. The van der Waals surface area contributed by atoms with E-state index in [9.17, 15) is 13.2 Å². The molecule has 36 heavy (non-hydrogen) atoms. The lowest BCUT2D eigenvalue weighted by Gasteiger charge is -2.35. The van der Waals surface area contributed by atoms with Crippen LogP contribution in [0.5, 0.6) is 5.75 Å². The summed E-state index contributed by atoms with van der Waals surface area (Å²) in [6.45, 7) is 1.71. The van der Waals surface area contributed by atoms with Crippen LogP contribution < -0.4 is 14.4 Å². The molecule has 0 saturated heterocycles. The van der Waals surface area contributed by atoms with E-state index >= 15 is 0 Å². The number of rotatable bonds is 4. The van der Waals surface area contributed by atoms with Gasteiger partial charge in [-0.15, -0.1) is 0 Å². The zero-order chi connectivity index (χ0) is 25.0. The number of aryl methyl sites for hydroxylation is 3. The Morgan fingerprint density at radius 1 is 1.00 bits per heavy atom. The first-order valence-corrected chi connectivity index (χ1v) is 13.5. The maximum Gasteiger partial charge on any atom is 0.267 e. The number of carbonyl (C=O) groups excluding carboxylic acids is 1. The molecule has 1 N–H and O–H groups in total. The van der Waals surface area contributed by atoms with Gasteiger partial charge in [-0.05, 0) is 72.7 Å². The third-order valence-electron chi connectivity index (χ3n) is 6.83. The number of nitrogens with one attached hydrogen (secondary N) is 1. The molecule has 4 aromatic rings. The molecular formula is C28H23ClN2O4S. The largest absolute Gasteiger partial charge is 0.476 e. The number of halogens is 1. The van der Waals surface area contributed by atoms with Crippen LogP contribution in [-0.2, 0) is 27.7 Å². The van der Waals surface area contributed by atoms with Gasteiger partial charge in [-0.3, -0.25) is 9.10 Å². The van der Waals surface area contributed by atoms with Gasteiger partial charge >= 0.3 is 0 Å². The number of benzene rings is 4. The fourth-order valence-electron chi connectivity index (χ4n) is 5.00. The third-order valence-corrected chi connectivity index (χ3v) is 8.86. The van der Waals surface area contributed by atoms with Gasteiger partial charge in [0.15, 0.2) is 6.10 Å². The Bertz CT molecular complexity index is 1620. The standard InChI is InChI=1S/C28H23ClN2O4S/c1-17-5-11-21(12-6-17)36(33,34)31-16-26(35-25-14-10-20(29)15-24(25)31)28(32)30-23-13-9-19-8-7-18-3-2-4-22(23)27(18)19/h2-6,9-15,26H,7-8,16H2,1H3,(H,30,32)/t26-/m0/s1. The zero-order valence-corrected chi connectivity index (χ0v) is 21.1. The first kappa shape index (κ1) is 22.9. The normalized spacial score (nSPS) is 16.5. The van der Waals surface area contributed by atoms with E-state index < -0.39 is 22.0 Å². The Morgan fingerprint density at radius 2 is 1.75 bits per heavy atom. The second kappa shape index (κ2) is 8.54. The predicted molar refractivity (Wildman–Crippen MR) is 142 cm³/mol. The molecule has 0 bridgehead atoms. The maximum atomic E-state index is 13.7. The Kier molecular flexibility index (Phi) is 5.43. The summed E-state index contributed by atoms with van der Waals surface area (Å²) in [7, 11) is -3.97. The van der Waals surface area contributed by atoms with Gasteiger partial charge in [-0.1, -0.05) is 53.6 Å². The van der Waals surface area contributed by atoms with Crippen molar-refractivity contribution < 1.29 is 17.9 Å². The first-order valence-electron chi connectivity index (χ1n) is 11.7. The van der Waals surface area contributed by atoms with Crippen molar-refractivity contribution >= 4 is 49.7 Å². The summed E-state index contributed by atoms with van der Waals surface area (Å²) in [5.74, 6) is -0.139. The monoisotopic (exact) mass is 518 g/mol. The average Bonchev–Trinajstić information content (AvgIpc) is 3.30. The highest BCUT2D eigenvalue weighted by Crippen LogP contribution is 2.40. The van der Waals surface area contributed by atoms with Crippen LogP contribution in [0.25, 0.3) is 10.8 Å². The van der Waals surface area contributed by atoms with Crippen LogP contribution in [0.2, 0.25) is 5.02 Å². The lowest BCUT2D eigenvalue weighted by Crippen LogP contribution is -2.48. The van der Waals surface area contributed by atoms with E-state index in [0.29, 0.717) is 16.4 Å². The molecule has 1 heterocycles. The molecule has 1 aliphatic heterocycles. The fourth-order valence-corrected chi connectivity index (χ4v) is 6.63. The number of hydrogen-bond donors (Lipinski definition) is 1. The molecule has 0 aromatic heterocycles. The van der Waals surface area contributed by atoms with E-state index in [1.807, 2.05) is 31.2 Å². The molecule has 1 aliphatic carbocycles. The maximum absolute atomic E-state index is 13.7. The molecule has 0 saturated carbocycles. The summed E-state index contributed by atoms with van der Waals surface area (Å²) in [5, 5.41) is 5.52. The third kappa shape index (κ3) is 3.79. The predicted octanol–water partition coefficient (Wildman–Crippen LogP) is 5.50. The van der Waals surface area contributed by atoms with Crippen molar-refractivity contribution in [3.05, 3.63) is 94.5 Å². The van der Waals surface area contributed by atoms with Crippen LogP contribution in [0, 0.1) is 6.92 Å². The molecule has 2 aliphatic rings. The van der Waals surface area contributed by atoms with Crippen molar-refractivity contribution in [3.63, 3.8) is 0 Å². The number of fused-ring (bicyclic) bond motifs is 1. The lowest BCUT2D eigenvalue weighted by molar-refractivity contribution is -0.122. The van der Waals surface area contributed by atoms with Crippen LogP contribution in [0.4, 0.5) is 11.4 Å². The molecule has 1 amide bonds. The van der Waals surface area contributed by atoms with E-state index in [4.69, 9.17) is 16.3 Å². The number of hydrogen-bond acceptors (Lipinski definition) is 4. The Morgan fingerprint density at radius 3 is 2.53 bits per heavy atom. The van der Waals surface area contributed by atoms with Crippen molar-refractivity contribution in [1.29, 1.82) is 0 Å². The summed E-state index contributed by atoms with van der Waals surface area (Å²) in [5.41, 5.74) is 4.47. The smallest absolute Gasteiger partial charge is 0.267 e. The van der Waals surface area contributed by atoms with Crippen molar-refractivity contribution in [2.75, 3.05) is 16.2 Å². The molecule has 8 heteroatoms. The topological polar surface area (TPSA) is 75.7 Å². The Hall–Kier alpha value is -3.55. The van der Waals surface area contributed by atoms with Gasteiger partial charge < -0.3 is 10.1 Å². The van der Waals surface area contributed by atoms with Gasteiger partial charge in [0.05, 0.1) is 17.1 Å². The van der Waals surface area contributed by atoms with Crippen molar-refractivity contribution in [2.45, 2.75) is 30.8 Å². The molecule has 0 fully saturated rings. The van der Waals surface area contributed by atoms with Crippen molar-refractivity contribution in [1.82, 2.24) is 0 Å². The SMILES string of the molecule is Cc1ccc(S(=O)(=O)N2C[C@@H](C(=O)Nc3ccc4c5c(cccc35)CC4)Oc3ccc(Cl)cc32)cc1. The van der Waals surface area contributed by atoms with E-state index in [0.717, 1.165) is 23.8 Å². The van der Waals surface area contributed by atoms with Gasteiger partial charge in [0.2, 0.25) is 0 Å². The molecule has 0 spiro atoms. The highest BCUT2D eigenvalue weighted by Gasteiger charge is 2.38. The average molecular weight is 519 g/mol. The summed E-state index contributed by atoms with van der Waals surface area (Å²) in [4.78, 5) is 13.6. The number of amides is 1. The number of nitrogens with zero attached hydrogens (tertiary/aromatic N) is 1. The lowest BCUT2D eigenvalue weighted by atomic mass is 10.0. The zero-order valence-electron chi connectivity index (χ0n) is 19.5.